The van der Waals surface area contributed by atoms with E-state index in [9.17, 15) is 9.18 Å². The summed E-state index contributed by atoms with van der Waals surface area (Å²) in [6, 6.07) is 10.3. The molecule has 4 rings (SSSR count). The number of piperidine rings is 1. The second-order valence-electron chi connectivity index (χ2n) is 7.24. The van der Waals surface area contributed by atoms with Crippen molar-refractivity contribution in [2.75, 3.05) is 18.4 Å². The van der Waals surface area contributed by atoms with Crippen molar-refractivity contribution in [1.29, 1.82) is 0 Å². The summed E-state index contributed by atoms with van der Waals surface area (Å²) in [6.07, 6.45) is 6.44. The van der Waals surface area contributed by atoms with Crippen LogP contribution >= 0.6 is 0 Å². The fourth-order valence-corrected chi connectivity index (χ4v) is 3.68. The molecule has 2 aromatic heterocycles. The summed E-state index contributed by atoms with van der Waals surface area (Å²) in [5, 5.41) is 3.25. The van der Waals surface area contributed by atoms with Crippen LogP contribution in [0.15, 0.2) is 55.0 Å². The fourth-order valence-electron chi connectivity index (χ4n) is 3.68. The summed E-state index contributed by atoms with van der Waals surface area (Å²) in [5.41, 5.74) is 3.71. The quantitative estimate of drug-likeness (QED) is 0.726. The molecule has 7 heteroatoms. The largest absolute Gasteiger partial charge is 0.355 e. The number of aromatic nitrogens is 3. The standard InChI is InChI=1S/C22H22FN5O/c1-15-10-19(27-18-6-2-5-17(23)11-18)12-20(26-15)16-4-3-9-28(14-16)22(29)21-13-24-7-8-25-21/h2,5-8,10-13,16H,3-4,9,14H2,1H3,(H,26,27)/t16-/m1/s1. The van der Waals surface area contributed by atoms with Gasteiger partial charge >= 0.3 is 0 Å². The maximum absolute atomic E-state index is 13.5. The van der Waals surface area contributed by atoms with Gasteiger partial charge in [-0.15, -0.1) is 0 Å². The van der Waals surface area contributed by atoms with E-state index < -0.39 is 0 Å². The highest BCUT2D eigenvalue weighted by molar-refractivity contribution is 5.92. The number of anilines is 2. The van der Waals surface area contributed by atoms with Crippen LogP contribution < -0.4 is 5.32 Å². The molecule has 3 aromatic rings. The summed E-state index contributed by atoms with van der Waals surface area (Å²) < 4.78 is 13.5. The maximum Gasteiger partial charge on any atom is 0.274 e. The number of hydrogen-bond acceptors (Lipinski definition) is 5. The van der Waals surface area contributed by atoms with E-state index >= 15 is 0 Å². The highest BCUT2D eigenvalue weighted by atomic mass is 19.1. The third-order valence-corrected chi connectivity index (χ3v) is 5.00. The minimum atomic E-state index is -0.286. The van der Waals surface area contributed by atoms with Crippen molar-refractivity contribution in [2.24, 2.45) is 0 Å². The Labute approximate surface area is 168 Å². The van der Waals surface area contributed by atoms with Crippen molar-refractivity contribution < 1.29 is 9.18 Å². The van der Waals surface area contributed by atoms with Crippen LogP contribution in [0.2, 0.25) is 0 Å². The van der Waals surface area contributed by atoms with Gasteiger partial charge in [0.15, 0.2) is 0 Å². The number of nitrogens with one attached hydrogen (secondary N) is 1. The van der Waals surface area contributed by atoms with Crippen LogP contribution in [-0.2, 0) is 0 Å². The lowest BCUT2D eigenvalue weighted by molar-refractivity contribution is 0.0699. The third kappa shape index (κ3) is 4.56. The normalized spacial score (nSPS) is 16.5. The molecule has 1 amide bonds. The van der Waals surface area contributed by atoms with E-state index in [-0.39, 0.29) is 17.6 Å². The first-order chi connectivity index (χ1) is 14.1. The van der Waals surface area contributed by atoms with Gasteiger partial charge in [0, 0.05) is 54.2 Å². The van der Waals surface area contributed by atoms with E-state index in [1.165, 1.54) is 24.5 Å². The smallest absolute Gasteiger partial charge is 0.274 e. The number of nitrogens with zero attached hydrogens (tertiary/aromatic N) is 4. The van der Waals surface area contributed by atoms with Gasteiger partial charge in [0.2, 0.25) is 0 Å². The predicted octanol–water partition coefficient (Wildman–Crippen LogP) is 4.08. The van der Waals surface area contributed by atoms with Crippen LogP contribution in [0, 0.1) is 12.7 Å². The van der Waals surface area contributed by atoms with Gasteiger partial charge in [-0.05, 0) is 50.1 Å². The van der Waals surface area contributed by atoms with E-state index in [0.29, 0.717) is 24.5 Å². The van der Waals surface area contributed by atoms with E-state index in [2.05, 4.69) is 15.3 Å². The van der Waals surface area contributed by atoms with Gasteiger partial charge in [0.1, 0.15) is 11.5 Å². The zero-order valence-corrected chi connectivity index (χ0v) is 16.2. The van der Waals surface area contributed by atoms with Crippen molar-refractivity contribution in [3.8, 4) is 0 Å². The van der Waals surface area contributed by atoms with Crippen LogP contribution in [0.25, 0.3) is 0 Å². The Morgan fingerprint density at radius 3 is 2.90 bits per heavy atom. The molecule has 29 heavy (non-hydrogen) atoms. The van der Waals surface area contributed by atoms with E-state index in [4.69, 9.17) is 4.98 Å². The highest BCUT2D eigenvalue weighted by Crippen LogP contribution is 2.29. The Morgan fingerprint density at radius 1 is 1.21 bits per heavy atom. The van der Waals surface area contributed by atoms with Crippen LogP contribution in [0.4, 0.5) is 15.8 Å². The molecule has 0 bridgehead atoms. The molecular weight excluding hydrogens is 369 g/mol. The minimum Gasteiger partial charge on any atom is -0.355 e. The lowest BCUT2D eigenvalue weighted by atomic mass is 9.93. The first-order valence-corrected chi connectivity index (χ1v) is 9.65. The molecule has 1 saturated heterocycles. The van der Waals surface area contributed by atoms with E-state index in [1.807, 2.05) is 30.0 Å². The van der Waals surface area contributed by atoms with Crippen molar-refractivity contribution in [2.45, 2.75) is 25.7 Å². The Hall–Kier alpha value is -3.35. The number of carbonyl (C=O) groups is 1. The molecule has 0 radical (unpaired) electrons. The molecule has 0 spiro atoms. The molecular formula is C22H22FN5O. The Balaban J connectivity index is 1.53. The summed E-state index contributed by atoms with van der Waals surface area (Å²) >= 11 is 0. The van der Waals surface area contributed by atoms with Crippen molar-refractivity contribution in [3.05, 3.63) is 77.9 Å². The van der Waals surface area contributed by atoms with Crippen molar-refractivity contribution in [3.63, 3.8) is 0 Å². The van der Waals surface area contributed by atoms with Gasteiger partial charge in [0.25, 0.3) is 5.91 Å². The number of likely N-dealkylation sites (tertiary alicyclic amines) is 1. The number of rotatable bonds is 4. The molecule has 1 aromatic carbocycles. The maximum atomic E-state index is 13.5. The Kier molecular flexibility index (Phi) is 5.46. The molecule has 148 valence electrons. The molecule has 1 aliphatic rings. The SMILES string of the molecule is Cc1cc(Nc2cccc(F)c2)cc([C@@H]2CCCN(C(=O)c3cnccn3)C2)n1. The number of carbonyl (C=O) groups excluding carboxylic acids is 1. The number of benzene rings is 1. The first-order valence-electron chi connectivity index (χ1n) is 9.65. The predicted molar refractivity (Wildman–Crippen MR) is 109 cm³/mol. The molecule has 0 saturated carbocycles. The third-order valence-electron chi connectivity index (χ3n) is 5.00. The summed E-state index contributed by atoms with van der Waals surface area (Å²) in [6.45, 7) is 3.23. The average molecular weight is 391 g/mol. The topological polar surface area (TPSA) is 71.0 Å². The number of halogens is 1. The van der Waals surface area contributed by atoms with Gasteiger partial charge in [0.05, 0.1) is 6.20 Å². The van der Waals surface area contributed by atoms with Crippen LogP contribution in [-0.4, -0.2) is 38.8 Å². The number of amides is 1. The molecule has 0 unspecified atom stereocenters. The Morgan fingerprint density at radius 2 is 2.10 bits per heavy atom. The van der Waals surface area contributed by atoms with Crippen LogP contribution in [0.1, 0.15) is 40.6 Å². The average Bonchev–Trinajstić information content (AvgIpc) is 2.73. The minimum absolute atomic E-state index is 0.103. The Bertz CT molecular complexity index is 1010. The van der Waals surface area contributed by atoms with Crippen molar-refractivity contribution >= 4 is 17.3 Å². The zero-order valence-electron chi connectivity index (χ0n) is 16.2. The highest BCUT2D eigenvalue weighted by Gasteiger charge is 2.27. The zero-order chi connectivity index (χ0) is 20.2. The van der Waals surface area contributed by atoms with Gasteiger partial charge in [-0.25, -0.2) is 9.37 Å². The lowest BCUT2D eigenvalue weighted by Gasteiger charge is -2.32. The number of hydrogen-bond donors (Lipinski definition) is 1. The van der Waals surface area contributed by atoms with Crippen molar-refractivity contribution in [1.82, 2.24) is 19.9 Å². The van der Waals surface area contributed by atoms with Crippen LogP contribution in [0.3, 0.4) is 0 Å². The number of aryl methyl sites for hydroxylation is 1. The molecule has 1 atom stereocenters. The summed E-state index contributed by atoms with van der Waals surface area (Å²) in [7, 11) is 0. The number of pyridine rings is 1. The second-order valence-corrected chi connectivity index (χ2v) is 7.24. The molecule has 0 aliphatic carbocycles. The summed E-state index contributed by atoms with van der Waals surface area (Å²) in [4.78, 5) is 27.4. The van der Waals surface area contributed by atoms with Gasteiger partial charge < -0.3 is 10.2 Å². The van der Waals surface area contributed by atoms with Gasteiger partial charge in [-0.2, -0.15) is 0 Å². The van der Waals surface area contributed by atoms with E-state index in [0.717, 1.165) is 29.9 Å². The van der Waals surface area contributed by atoms with Crippen LogP contribution in [0.5, 0.6) is 0 Å². The van der Waals surface area contributed by atoms with Gasteiger partial charge in [-0.3, -0.25) is 14.8 Å². The molecule has 1 fully saturated rings. The summed E-state index contributed by atoms with van der Waals surface area (Å²) in [5.74, 6) is -0.252. The van der Waals surface area contributed by atoms with Gasteiger partial charge in [-0.1, -0.05) is 6.07 Å². The second kappa shape index (κ2) is 8.34. The molecule has 1 aliphatic heterocycles. The van der Waals surface area contributed by atoms with E-state index in [1.54, 1.807) is 12.3 Å². The molecule has 6 nitrogen and oxygen atoms in total. The molecule has 3 heterocycles. The monoisotopic (exact) mass is 391 g/mol. The molecule has 1 N–H and O–H groups in total. The lowest BCUT2D eigenvalue weighted by Crippen LogP contribution is -2.39. The first kappa shape index (κ1) is 19.0. The fraction of sp³-hybridized carbons (Fsp3) is 0.273.